The first-order chi connectivity index (χ1) is 7.31. The molecule has 4 rings (SSSR count). The highest BCUT2D eigenvalue weighted by molar-refractivity contribution is 5.15. The molecule has 1 nitrogen and oxygen atoms in total. The van der Waals surface area contributed by atoms with E-state index in [1.165, 1.54) is 6.42 Å². The van der Waals surface area contributed by atoms with Gasteiger partial charge in [0, 0.05) is 0 Å². The van der Waals surface area contributed by atoms with E-state index in [0.717, 1.165) is 53.9 Å². The van der Waals surface area contributed by atoms with Crippen molar-refractivity contribution in [2.45, 2.75) is 32.6 Å². The Bertz CT molecular complexity index is 281. The van der Waals surface area contributed by atoms with E-state index in [2.05, 4.69) is 6.92 Å². The lowest BCUT2D eigenvalue weighted by molar-refractivity contribution is -0.0710. The summed E-state index contributed by atoms with van der Waals surface area (Å²) in [4.78, 5) is 0. The van der Waals surface area contributed by atoms with Crippen molar-refractivity contribution >= 4 is 0 Å². The Kier molecular flexibility index (Phi) is 1.68. The van der Waals surface area contributed by atoms with Gasteiger partial charge in [0.25, 0.3) is 0 Å². The second-order valence-corrected chi connectivity index (χ2v) is 6.85. The van der Waals surface area contributed by atoms with Crippen LogP contribution in [0.15, 0.2) is 0 Å². The average Bonchev–Trinajstić information content (AvgIpc) is 2.79. The molecule has 0 spiro atoms. The minimum Gasteiger partial charge on any atom is -0.330 e. The Hall–Kier alpha value is -0.0400. The van der Waals surface area contributed by atoms with Crippen LogP contribution in [-0.2, 0) is 0 Å². The van der Waals surface area contributed by atoms with E-state index in [1.807, 2.05) is 0 Å². The molecule has 0 aromatic carbocycles. The lowest BCUT2D eigenvalue weighted by Gasteiger charge is -2.54. The van der Waals surface area contributed by atoms with Gasteiger partial charge >= 0.3 is 0 Å². The fourth-order valence-corrected chi connectivity index (χ4v) is 6.32. The average molecular weight is 205 g/mol. The van der Waals surface area contributed by atoms with Gasteiger partial charge in [0.2, 0.25) is 0 Å². The van der Waals surface area contributed by atoms with Crippen molar-refractivity contribution in [3.05, 3.63) is 0 Å². The lowest BCUT2D eigenvalue weighted by Crippen LogP contribution is -2.51. The van der Waals surface area contributed by atoms with Crippen LogP contribution in [0.1, 0.15) is 32.6 Å². The molecule has 0 aromatic rings. The number of nitrogens with two attached hydrogens (primary N) is 1. The van der Waals surface area contributed by atoms with Gasteiger partial charge in [-0.25, -0.2) is 0 Å². The van der Waals surface area contributed by atoms with Crippen molar-refractivity contribution in [2.24, 2.45) is 53.1 Å². The highest BCUT2D eigenvalue weighted by Crippen LogP contribution is 2.72. The van der Waals surface area contributed by atoms with Gasteiger partial charge in [0.1, 0.15) is 0 Å². The summed E-state index contributed by atoms with van der Waals surface area (Å²) in [7, 11) is 0. The van der Waals surface area contributed by atoms with Crippen LogP contribution in [0.25, 0.3) is 0 Å². The summed E-state index contributed by atoms with van der Waals surface area (Å²) in [5.74, 6) is 8.59. The van der Waals surface area contributed by atoms with E-state index in [1.54, 1.807) is 19.3 Å². The topological polar surface area (TPSA) is 26.0 Å². The van der Waals surface area contributed by atoms with Crippen molar-refractivity contribution < 1.29 is 0 Å². The number of fused-ring (bicyclic) bond motifs is 8. The molecule has 0 saturated heterocycles. The predicted molar refractivity (Wildman–Crippen MR) is 61.1 cm³/mol. The van der Waals surface area contributed by atoms with Crippen LogP contribution in [0.5, 0.6) is 0 Å². The minimum absolute atomic E-state index is 0.894. The summed E-state index contributed by atoms with van der Waals surface area (Å²) in [5.41, 5.74) is 5.96. The second kappa shape index (κ2) is 2.80. The molecule has 4 aliphatic carbocycles. The second-order valence-electron chi connectivity index (χ2n) is 6.85. The standard InChI is InChI=1S/C14H23N/c1-7-4-10(6-15)14-11(7)12-8-2-3-9(5-8)13(12)14/h7-14H,2-6,15H2,1H3. The smallest absolute Gasteiger partial charge is 0.00459 e. The Morgan fingerprint density at radius 1 is 0.933 bits per heavy atom. The van der Waals surface area contributed by atoms with Gasteiger partial charge in [-0.05, 0) is 79.6 Å². The molecule has 0 amide bonds. The van der Waals surface area contributed by atoms with Gasteiger partial charge < -0.3 is 5.73 Å². The maximum Gasteiger partial charge on any atom is -0.00459 e. The van der Waals surface area contributed by atoms with Crippen LogP contribution in [0.3, 0.4) is 0 Å². The highest BCUT2D eigenvalue weighted by Gasteiger charge is 2.67. The van der Waals surface area contributed by atoms with Gasteiger partial charge in [-0.2, -0.15) is 0 Å². The Labute approximate surface area is 92.8 Å². The normalized spacial score (nSPS) is 65.2. The van der Waals surface area contributed by atoms with Crippen molar-refractivity contribution in [1.82, 2.24) is 0 Å². The molecule has 2 N–H and O–H groups in total. The molecule has 0 radical (unpaired) electrons. The van der Waals surface area contributed by atoms with Crippen LogP contribution < -0.4 is 5.73 Å². The Morgan fingerprint density at radius 3 is 2.27 bits per heavy atom. The molecule has 0 aliphatic heterocycles. The van der Waals surface area contributed by atoms with Gasteiger partial charge in [-0.1, -0.05) is 6.92 Å². The number of rotatable bonds is 1. The van der Waals surface area contributed by atoms with E-state index in [9.17, 15) is 0 Å². The molecule has 15 heavy (non-hydrogen) atoms. The van der Waals surface area contributed by atoms with Crippen LogP contribution in [0.2, 0.25) is 0 Å². The molecule has 1 heteroatoms. The van der Waals surface area contributed by atoms with Gasteiger partial charge in [0.05, 0.1) is 0 Å². The van der Waals surface area contributed by atoms with E-state index in [-0.39, 0.29) is 0 Å². The van der Waals surface area contributed by atoms with Crippen LogP contribution >= 0.6 is 0 Å². The van der Waals surface area contributed by atoms with E-state index < -0.39 is 0 Å². The first-order valence-corrected chi connectivity index (χ1v) is 7.01. The van der Waals surface area contributed by atoms with E-state index >= 15 is 0 Å². The predicted octanol–water partition coefficient (Wildman–Crippen LogP) is 2.51. The maximum absolute atomic E-state index is 5.96. The van der Waals surface area contributed by atoms with Gasteiger partial charge in [-0.15, -0.1) is 0 Å². The van der Waals surface area contributed by atoms with E-state index in [4.69, 9.17) is 5.73 Å². The van der Waals surface area contributed by atoms with Crippen LogP contribution in [0, 0.1) is 47.3 Å². The molecular weight excluding hydrogens is 182 g/mol. The molecule has 8 unspecified atom stereocenters. The summed E-state index contributed by atoms with van der Waals surface area (Å²) in [6.07, 6.45) is 6.15. The zero-order valence-electron chi connectivity index (χ0n) is 9.73. The van der Waals surface area contributed by atoms with E-state index in [0.29, 0.717) is 0 Å². The number of hydrogen-bond donors (Lipinski definition) is 1. The summed E-state index contributed by atoms with van der Waals surface area (Å²) >= 11 is 0. The zero-order chi connectivity index (χ0) is 10.2. The third kappa shape index (κ3) is 0.906. The summed E-state index contributed by atoms with van der Waals surface area (Å²) in [6, 6.07) is 0. The lowest BCUT2D eigenvalue weighted by atomic mass is 9.50. The molecule has 2 bridgehead atoms. The summed E-state index contributed by atoms with van der Waals surface area (Å²) in [6.45, 7) is 3.46. The fourth-order valence-electron chi connectivity index (χ4n) is 6.32. The third-order valence-electron chi connectivity index (χ3n) is 6.56. The van der Waals surface area contributed by atoms with Crippen molar-refractivity contribution in [3.8, 4) is 0 Å². The van der Waals surface area contributed by atoms with Crippen molar-refractivity contribution in [3.63, 3.8) is 0 Å². The molecule has 8 atom stereocenters. The van der Waals surface area contributed by atoms with Crippen LogP contribution in [-0.4, -0.2) is 6.54 Å². The molecule has 4 saturated carbocycles. The van der Waals surface area contributed by atoms with Crippen LogP contribution in [0.4, 0.5) is 0 Å². The monoisotopic (exact) mass is 205 g/mol. The number of hydrogen-bond acceptors (Lipinski definition) is 1. The quantitative estimate of drug-likeness (QED) is 0.699. The SMILES string of the molecule is CC1CC(CN)C2C1C1C3CCC(C3)C21. The molecule has 4 aliphatic rings. The Morgan fingerprint density at radius 2 is 1.60 bits per heavy atom. The molecule has 0 heterocycles. The van der Waals surface area contributed by atoms with Crippen molar-refractivity contribution in [1.29, 1.82) is 0 Å². The molecule has 4 fully saturated rings. The maximum atomic E-state index is 5.96. The summed E-state index contributed by atoms with van der Waals surface area (Å²) < 4.78 is 0. The highest BCUT2D eigenvalue weighted by atomic mass is 14.7. The molecule has 0 aromatic heterocycles. The summed E-state index contributed by atoms with van der Waals surface area (Å²) in [5, 5.41) is 0. The zero-order valence-corrected chi connectivity index (χ0v) is 9.73. The van der Waals surface area contributed by atoms with Gasteiger partial charge in [0.15, 0.2) is 0 Å². The molecule has 84 valence electrons. The van der Waals surface area contributed by atoms with Crippen molar-refractivity contribution in [2.75, 3.05) is 6.54 Å². The third-order valence-corrected chi connectivity index (χ3v) is 6.56. The fraction of sp³-hybridized carbons (Fsp3) is 1.00. The molecular formula is C14H23N. The Balaban J connectivity index is 1.66. The minimum atomic E-state index is 0.894. The first-order valence-electron chi connectivity index (χ1n) is 7.01. The largest absolute Gasteiger partial charge is 0.330 e. The van der Waals surface area contributed by atoms with Gasteiger partial charge in [-0.3, -0.25) is 0 Å². The first kappa shape index (κ1) is 9.04.